The summed E-state index contributed by atoms with van der Waals surface area (Å²) in [6, 6.07) is 5.93. The Kier molecular flexibility index (Phi) is 3.52. The topological polar surface area (TPSA) is 93.4 Å². The molecule has 0 aliphatic heterocycles. The molecular weight excluding hydrogens is 196 g/mol. The summed E-state index contributed by atoms with van der Waals surface area (Å²) in [6.45, 7) is -0.0388. The maximum absolute atomic E-state index is 11.2. The normalized spacial score (nSPS) is 9.27. The molecule has 0 aromatic heterocycles. The summed E-state index contributed by atoms with van der Waals surface area (Å²) < 4.78 is 0. The fourth-order valence-corrected chi connectivity index (χ4v) is 1.06. The first-order valence-corrected chi connectivity index (χ1v) is 4.28. The SMILES string of the molecule is N#CCNC(=O)Cc1ccc(O)c(O)c1. The standard InChI is InChI=1S/C10H10N2O3/c11-3-4-12-10(15)6-7-1-2-8(13)9(14)5-7/h1-2,5,13-14H,4,6H2,(H,12,15). The highest BCUT2D eigenvalue weighted by Gasteiger charge is 2.05. The van der Waals surface area contributed by atoms with Crippen molar-refractivity contribution in [3.05, 3.63) is 23.8 Å². The number of nitrogens with one attached hydrogen (secondary N) is 1. The van der Waals surface area contributed by atoms with E-state index >= 15 is 0 Å². The predicted molar refractivity (Wildman–Crippen MR) is 52.1 cm³/mol. The molecule has 1 amide bonds. The number of phenols is 2. The third-order valence-electron chi connectivity index (χ3n) is 1.77. The number of benzene rings is 1. The van der Waals surface area contributed by atoms with Gasteiger partial charge in [-0.2, -0.15) is 5.26 Å². The van der Waals surface area contributed by atoms with Crippen molar-refractivity contribution in [1.29, 1.82) is 5.26 Å². The molecule has 0 bridgehead atoms. The zero-order chi connectivity index (χ0) is 11.3. The molecular formula is C10H10N2O3. The molecule has 0 aliphatic rings. The van der Waals surface area contributed by atoms with Crippen LogP contribution in [0, 0.1) is 11.3 Å². The lowest BCUT2D eigenvalue weighted by Gasteiger charge is -2.03. The van der Waals surface area contributed by atoms with Gasteiger partial charge in [0.15, 0.2) is 11.5 Å². The Hall–Kier alpha value is -2.22. The van der Waals surface area contributed by atoms with Crippen LogP contribution in [0.4, 0.5) is 0 Å². The molecule has 0 fully saturated rings. The molecule has 1 aromatic rings. The van der Waals surface area contributed by atoms with Crippen LogP contribution in [-0.2, 0) is 11.2 Å². The summed E-state index contributed by atoms with van der Waals surface area (Å²) in [5.74, 6) is -0.793. The van der Waals surface area contributed by atoms with E-state index in [4.69, 9.17) is 15.5 Å². The third-order valence-corrected chi connectivity index (χ3v) is 1.77. The van der Waals surface area contributed by atoms with Gasteiger partial charge < -0.3 is 15.5 Å². The molecule has 0 aliphatic carbocycles. The quantitative estimate of drug-likeness (QED) is 0.489. The second-order valence-electron chi connectivity index (χ2n) is 2.93. The molecule has 0 unspecified atom stereocenters. The van der Waals surface area contributed by atoms with Gasteiger partial charge in [-0.1, -0.05) is 6.07 Å². The molecule has 0 heterocycles. The summed E-state index contributed by atoms with van der Waals surface area (Å²) >= 11 is 0. The average Bonchev–Trinajstić information content (AvgIpc) is 2.20. The highest BCUT2D eigenvalue weighted by Crippen LogP contribution is 2.24. The molecule has 15 heavy (non-hydrogen) atoms. The van der Waals surface area contributed by atoms with Gasteiger partial charge in [0.25, 0.3) is 0 Å². The van der Waals surface area contributed by atoms with Gasteiger partial charge in [-0.05, 0) is 17.7 Å². The number of nitriles is 1. The number of carbonyl (C=O) groups is 1. The molecule has 1 aromatic carbocycles. The molecule has 0 atom stereocenters. The van der Waals surface area contributed by atoms with Crippen molar-refractivity contribution in [3.8, 4) is 17.6 Å². The zero-order valence-electron chi connectivity index (χ0n) is 7.90. The number of rotatable bonds is 3. The van der Waals surface area contributed by atoms with Crippen LogP contribution in [0.1, 0.15) is 5.56 Å². The van der Waals surface area contributed by atoms with Crippen LogP contribution in [0.3, 0.4) is 0 Å². The molecule has 0 spiro atoms. The maximum atomic E-state index is 11.2. The lowest BCUT2D eigenvalue weighted by molar-refractivity contribution is -0.120. The van der Waals surface area contributed by atoms with Gasteiger partial charge in [-0.25, -0.2) is 0 Å². The van der Waals surface area contributed by atoms with E-state index in [-0.39, 0.29) is 30.4 Å². The van der Waals surface area contributed by atoms with E-state index in [9.17, 15) is 4.79 Å². The van der Waals surface area contributed by atoms with Gasteiger partial charge in [0.2, 0.25) is 5.91 Å². The summed E-state index contributed by atoms with van der Waals surface area (Å²) in [5.41, 5.74) is 0.570. The highest BCUT2D eigenvalue weighted by molar-refractivity contribution is 5.78. The van der Waals surface area contributed by atoms with Gasteiger partial charge in [-0.15, -0.1) is 0 Å². The molecule has 5 heteroatoms. The minimum atomic E-state index is -0.304. The number of phenolic OH excluding ortho intramolecular Hbond substituents is 2. The Morgan fingerprint density at radius 3 is 2.73 bits per heavy atom. The van der Waals surface area contributed by atoms with Crippen LogP contribution < -0.4 is 5.32 Å². The Balaban J connectivity index is 2.62. The minimum Gasteiger partial charge on any atom is -0.504 e. The molecule has 0 saturated heterocycles. The fourth-order valence-electron chi connectivity index (χ4n) is 1.06. The van der Waals surface area contributed by atoms with Crippen molar-refractivity contribution < 1.29 is 15.0 Å². The first kappa shape index (κ1) is 10.9. The summed E-state index contributed by atoms with van der Waals surface area (Å²) in [5, 5.41) is 28.8. The van der Waals surface area contributed by atoms with E-state index < -0.39 is 0 Å². The Bertz CT molecular complexity index is 410. The largest absolute Gasteiger partial charge is 0.504 e. The zero-order valence-corrected chi connectivity index (χ0v) is 7.90. The maximum Gasteiger partial charge on any atom is 0.225 e. The van der Waals surface area contributed by atoms with E-state index in [1.807, 2.05) is 0 Å². The summed E-state index contributed by atoms with van der Waals surface area (Å²) in [4.78, 5) is 11.2. The monoisotopic (exact) mass is 206 g/mol. The van der Waals surface area contributed by atoms with Gasteiger partial charge >= 0.3 is 0 Å². The van der Waals surface area contributed by atoms with Crippen molar-refractivity contribution in [3.63, 3.8) is 0 Å². The first-order chi connectivity index (χ1) is 7.13. The Morgan fingerprint density at radius 2 is 2.13 bits per heavy atom. The molecule has 0 saturated carbocycles. The first-order valence-electron chi connectivity index (χ1n) is 4.28. The second kappa shape index (κ2) is 4.86. The van der Waals surface area contributed by atoms with Crippen LogP contribution in [-0.4, -0.2) is 22.7 Å². The lowest BCUT2D eigenvalue weighted by Crippen LogP contribution is -2.25. The Labute approximate surface area is 86.6 Å². The van der Waals surface area contributed by atoms with E-state index in [1.165, 1.54) is 18.2 Å². The van der Waals surface area contributed by atoms with E-state index in [2.05, 4.69) is 5.32 Å². The lowest BCUT2D eigenvalue weighted by atomic mass is 10.1. The molecule has 3 N–H and O–H groups in total. The minimum absolute atomic E-state index is 0.0388. The fraction of sp³-hybridized carbons (Fsp3) is 0.200. The number of nitrogens with zero attached hydrogens (tertiary/aromatic N) is 1. The smallest absolute Gasteiger partial charge is 0.225 e. The van der Waals surface area contributed by atoms with Gasteiger partial charge in [0.05, 0.1) is 12.5 Å². The average molecular weight is 206 g/mol. The van der Waals surface area contributed by atoms with Crippen LogP contribution in [0.2, 0.25) is 0 Å². The summed E-state index contributed by atoms with van der Waals surface area (Å²) in [6.07, 6.45) is 0.0650. The van der Waals surface area contributed by atoms with Crippen molar-refractivity contribution in [2.24, 2.45) is 0 Å². The molecule has 1 rings (SSSR count). The van der Waals surface area contributed by atoms with Crippen LogP contribution in [0.25, 0.3) is 0 Å². The van der Waals surface area contributed by atoms with Crippen molar-refractivity contribution in [1.82, 2.24) is 5.32 Å². The van der Waals surface area contributed by atoms with Crippen LogP contribution in [0.5, 0.6) is 11.5 Å². The van der Waals surface area contributed by atoms with Crippen LogP contribution >= 0.6 is 0 Å². The van der Waals surface area contributed by atoms with Crippen molar-refractivity contribution in [2.45, 2.75) is 6.42 Å². The third kappa shape index (κ3) is 3.19. The van der Waals surface area contributed by atoms with Gasteiger partial charge in [0, 0.05) is 0 Å². The molecule has 5 nitrogen and oxygen atoms in total. The van der Waals surface area contributed by atoms with E-state index in [0.29, 0.717) is 5.56 Å². The van der Waals surface area contributed by atoms with Crippen LogP contribution in [0.15, 0.2) is 18.2 Å². The van der Waals surface area contributed by atoms with E-state index in [1.54, 1.807) is 6.07 Å². The number of carbonyl (C=O) groups excluding carboxylic acids is 1. The number of amides is 1. The molecule has 0 radical (unpaired) electrons. The van der Waals surface area contributed by atoms with Gasteiger partial charge in [-0.3, -0.25) is 4.79 Å². The van der Waals surface area contributed by atoms with Crippen molar-refractivity contribution in [2.75, 3.05) is 6.54 Å². The van der Waals surface area contributed by atoms with E-state index in [0.717, 1.165) is 0 Å². The van der Waals surface area contributed by atoms with Gasteiger partial charge in [0.1, 0.15) is 6.54 Å². The number of aromatic hydroxyl groups is 2. The predicted octanol–water partition coefficient (Wildman–Crippen LogP) is 0.280. The second-order valence-corrected chi connectivity index (χ2v) is 2.93. The molecule has 78 valence electrons. The Morgan fingerprint density at radius 1 is 1.40 bits per heavy atom. The summed E-state index contributed by atoms with van der Waals surface area (Å²) in [7, 11) is 0. The number of hydrogen-bond acceptors (Lipinski definition) is 4. The number of hydrogen-bond donors (Lipinski definition) is 3. The highest BCUT2D eigenvalue weighted by atomic mass is 16.3. The van der Waals surface area contributed by atoms with Crippen molar-refractivity contribution >= 4 is 5.91 Å².